The minimum atomic E-state index is -0.342. The standard InChI is InChI=1S/C22H35NO7/c24-22(20-4-2-1-3-5-20)30-19-17-28-15-13-26-11-10-25-12-14-27-16-18-29-21-6-8-23-9-7-21/h1-5,21,23H,6-19H2. The van der Waals surface area contributed by atoms with E-state index in [1.807, 2.05) is 6.07 Å². The Morgan fingerprint density at radius 1 is 0.733 bits per heavy atom. The van der Waals surface area contributed by atoms with Crippen molar-refractivity contribution in [3.05, 3.63) is 35.9 Å². The molecule has 1 aliphatic heterocycles. The van der Waals surface area contributed by atoms with E-state index >= 15 is 0 Å². The maximum Gasteiger partial charge on any atom is 0.338 e. The summed E-state index contributed by atoms with van der Waals surface area (Å²) in [6.45, 7) is 6.92. The van der Waals surface area contributed by atoms with Gasteiger partial charge in [0.15, 0.2) is 0 Å². The van der Waals surface area contributed by atoms with Gasteiger partial charge in [-0.05, 0) is 38.1 Å². The molecule has 0 aromatic heterocycles. The van der Waals surface area contributed by atoms with E-state index in [1.165, 1.54) is 0 Å². The number of carbonyl (C=O) groups excluding carboxylic acids is 1. The Morgan fingerprint density at radius 3 is 1.80 bits per heavy atom. The van der Waals surface area contributed by atoms with Crippen LogP contribution in [0.25, 0.3) is 0 Å². The molecule has 0 spiro atoms. The van der Waals surface area contributed by atoms with E-state index in [4.69, 9.17) is 28.4 Å². The molecule has 0 atom stereocenters. The molecule has 8 heteroatoms. The highest BCUT2D eigenvalue weighted by Crippen LogP contribution is 2.06. The van der Waals surface area contributed by atoms with Crippen molar-refractivity contribution in [3.8, 4) is 0 Å². The fourth-order valence-corrected chi connectivity index (χ4v) is 2.85. The van der Waals surface area contributed by atoms with E-state index in [0.717, 1.165) is 25.9 Å². The van der Waals surface area contributed by atoms with Crippen molar-refractivity contribution in [3.63, 3.8) is 0 Å². The molecule has 1 aromatic carbocycles. The first-order valence-electron chi connectivity index (χ1n) is 10.7. The van der Waals surface area contributed by atoms with Crippen molar-refractivity contribution in [2.75, 3.05) is 79.2 Å². The van der Waals surface area contributed by atoms with Crippen LogP contribution in [-0.2, 0) is 28.4 Å². The van der Waals surface area contributed by atoms with Gasteiger partial charge in [-0.1, -0.05) is 18.2 Å². The molecule has 1 fully saturated rings. The third-order valence-electron chi connectivity index (χ3n) is 4.45. The summed E-state index contributed by atoms with van der Waals surface area (Å²) in [7, 11) is 0. The molecule has 1 saturated heterocycles. The van der Waals surface area contributed by atoms with E-state index in [0.29, 0.717) is 71.1 Å². The summed E-state index contributed by atoms with van der Waals surface area (Å²) in [4.78, 5) is 11.7. The minimum Gasteiger partial charge on any atom is -0.460 e. The van der Waals surface area contributed by atoms with Crippen molar-refractivity contribution in [2.45, 2.75) is 18.9 Å². The number of carbonyl (C=O) groups is 1. The molecule has 170 valence electrons. The van der Waals surface area contributed by atoms with Crippen LogP contribution in [0.3, 0.4) is 0 Å². The molecule has 2 rings (SSSR count). The maximum absolute atomic E-state index is 11.7. The molecule has 8 nitrogen and oxygen atoms in total. The smallest absolute Gasteiger partial charge is 0.338 e. The van der Waals surface area contributed by atoms with E-state index in [1.54, 1.807) is 24.3 Å². The van der Waals surface area contributed by atoms with Gasteiger partial charge in [0, 0.05) is 0 Å². The summed E-state index contributed by atoms with van der Waals surface area (Å²) >= 11 is 0. The molecular formula is C22H35NO7. The van der Waals surface area contributed by atoms with Gasteiger partial charge >= 0.3 is 5.97 Å². The fourth-order valence-electron chi connectivity index (χ4n) is 2.85. The predicted octanol–water partition coefficient (Wildman–Crippen LogP) is 1.68. The second kappa shape index (κ2) is 17.2. The molecule has 0 radical (unpaired) electrons. The van der Waals surface area contributed by atoms with Crippen LogP contribution in [0.2, 0.25) is 0 Å². The topological polar surface area (TPSA) is 84.5 Å². The van der Waals surface area contributed by atoms with Crippen molar-refractivity contribution in [2.24, 2.45) is 0 Å². The second-order valence-corrected chi connectivity index (χ2v) is 6.77. The monoisotopic (exact) mass is 425 g/mol. The highest BCUT2D eigenvalue weighted by Gasteiger charge is 2.12. The Kier molecular flexibility index (Phi) is 14.1. The summed E-state index contributed by atoms with van der Waals surface area (Å²) in [5.74, 6) is -0.342. The second-order valence-electron chi connectivity index (χ2n) is 6.77. The average molecular weight is 426 g/mol. The van der Waals surface area contributed by atoms with E-state index in [9.17, 15) is 4.79 Å². The molecular weight excluding hydrogens is 390 g/mol. The SMILES string of the molecule is O=C(OCCOCCOCCOCCOCCOC1CCNCC1)c1ccccc1. The molecule has 0 aliphatic carbocycles. The van der Waals surface area contributed by atoms with Gasteiger partial charge in [-0.15, -0.1) is 0 Å². The van der Waals surface area contributed by atoms with Crippen LogP contribution in [0.5, 0.6) is 0 Å². The maximum atomic E-state index is 11.7. The summed E-state index contributed by atoms with van der Waals surface area (Å²) < 4.78 is 32.6. The molecule has 30 heavy (non-hydrogen) atoms. The Hall–Kier alpha value is -1.55. The number of piperidine rings is 1. The number of hydrogen-bond acceptors (Lipinski definition) is 8. The van der Waals surface area contributed by atoms with Gasteiger partial charge in [-0.2, -0.15) is 0 Å². The molecule has 0 amide bonds. The highest BCUT2D eigenvalue weighted by atomic mass is 16.6. The lowest BCUT2D eigenvalue weighted by atomic mass is 10.1. The number of esters is 1. The highest BCUT2D eigenvalue weighted by molar-refractivity contribution is 5.89. The largest absolute Gasteiger partial charge is 0.460 e. The van der Waals surface area contributed by atoms with Crippen molar-refractivity contribution >= 4 is 5.97 Å². The Balaban J connectivity index is 1.25. The van der Waals surface area contributed by atoms with Crippen LogP contribution >= 0.6 is 0 Å². The summed E-state index contributed by atoms with van der Waals surface area (Å²) in [6.07, 6.45) is 2.53. The van der Waals surface area contributed by atoms with Crippen LogP contribution in [0.15, 0.2) is 30.3 Å². The van der Waals surface area contributed by atoms with Gasteiger partial charge in [-0.3, -0.25) is 0 Å². The average Bonchev–Trinajstić information content (AvgIpc) is 2.80. The van der Waals surface area contributed by atoms with Gasteiger partial charge in [-0.25, -0.2) is 4.79 Å². The summed E-state index contributed by atoms with van der Waals surface area (Å²) in [5.41, 5.74) is 0.539. The quantitative estimate of drug-likeness (QED) is 0.298. The normalized spacial score (nSPS) is 14.7. The van der Waals surface area contributed by atoms with Crippen LogP contribution in [0.1, 0.15) is 23.2 Å². The molecule has 0 saturated carbocycles. The van der Waals surface area contributed by atoms with Crippen LogP contribution in [0.4, 0.5) is 0 Å². The molecule has 1 aliphatic rings. The first kappa shape index (κ1) is 24.7. The van der Waals surface area contributed by atoms with Crippen molar-refractivity contribution in [1.29, 1.82) is 0 Å². The Morgan fingerprint density at radius 2 is 1.23 bits per heavy atom. The number of nitrogens with one attached hydrogen (secondary N) is 1. The van der Waals surface area contributed by atoms with Gasteiger partial charge < -0.3 is 33.7 Å². The summed E-state index contributed by atoms with van der Waals surface area (Å²) in [5, 5.41) is 3.32. The first-order valence-corrected chi connectivity index (χ1v) is 10.7. The lowest BCUT2D eigenvalue weighted by Gasteiger charge is -2.22. The zero-order valence-electron chi connectivity index (χ0n) is 17.7. The van der Waals surface area contributed by atoms with Crippen LogP contribution in [0, 0.1) is 0 Å². The summed E-state index contributed by atoms with van der Waals surface area (Å²) in [6, 6.07) is 8.89. The number of rotatable bonds is 17. The fraction of sp³-hybridized carbons (Fsp3) is 0.682. The third kappa shape index (κ3) is 12.2. The minimum absolute atomic E-state index is 0.222. The Bertz CT molecular complexity index is 538. The predicted molar refractivity (Wildman–Crippen MR) is 112 cm³/mol. The molecule has 1 heterocycles. The Labute approximate surface area is 179 Å². The molecule has 0 bridgehead atoms. The molecule has 0 unspecified atom stereocenters. The van der Waals surface area contributed by atoms with E-state index in [2.05, 4.69) is 5.32 Å². The van der Waals surface area contributed by atoms with Gasteiger partial charge in [0.1, 0.15) is 6.61 Å². The van der Waals surface area contributed by atoms with Gasteiger partial charge in [0.2, 0.25) is 0 Å². The van der Waals surface area contributed by atoms with Crippen molar-refractivity contribution in [1.82, 2.24) is 5.32 Å². The number of benzene rings is 1. The van der Waals surface area contributed by atoms with E-state index in [-0.39, 0.29) is 12.6 Å². The molecule has 1 aromatic rings. The molecule has 1 N–H and O–H groups in total. The van der Waals surface area contributed by atoms with Gasteiger partial charge in [0.05, 0.1) is 71.1 Å². The van der Waals surface area contributed by atoms with E-state index < -0.39 is 0 Å². The van der Waals surface area contributed by atoms with Crippen LogP contribution < -0.4 is 5.32 Å². The lowest BCUT2D eigenvalue weighted by molar-refractivity contribution is -0.0291. The lowest BCUT2D eigenvalue weighted by Crippen LogP contribution is -2.33. The number of hydrogen-bond donors (Lipinski definition) is 1. The van der Waals surface area contributed by atoms with Crippen LogP contribution in [-0.4, -0.2) is 91.2 Å². The van der Waals surface area contributed by atoms with Gasteiger partial charge in [0.25, 0.3) is 0 Å². The zero-order valence-corrected chi connectivity index (χ0v) is 17.7. The third-order valence-corrected chi connectivity index (χ3v) is 4.45. The zero-order chi connectivity index (χ0) is 21.1. The van der Waals surface area contributed by atoms with Crippen molar-refractivity contribution < 1.29 is 33.2 Å². The first-order chi connectivity index (χ1) is 14.9. The number of ether oxygens (including phenoxy) is 6.